The summed E-state index contributed by atoms with van der Waals surface area (Å²) in [6.45, 7) is 0.702. The summed E-state index contributed by atoms with van der Waals surface area (Å²) in [5.41, 5.74) is 4.32. The van der Waals surface area contributed by atoms with Gasteiger partial charge in [0.2, 0.25) is 0 Å². The minimum Gasteiger partial charge on any atom is -0.496 e. The van der Waals surface area contributed by atoms with E-state index >= 15 is 0 Å². The third-order valence-electron chi connectivity index (χ3n) is 5.66. The van der Waals surface area contributed by atoms with Crippen LogP contribution in [0.25, 0.3) is 10.9 Å². The van der Waals surface area contributed by atoms with E-state index < -0.39 is 0 Å². The predicted molar refractivity (Wildman–Crippen MR) is 111 cm³/mol. The third kappa shape index (κ3) is 3.16. The van der Waals surface area contributed by atoms with Gasteiger partial charge in [-0.3, -0.25) is 4.79 Å². The molecule has 0 spiro atoms. The van der Waals surface area contributed by atoms with E-state index in [-0.39, 0.29) is 11.9 Å². The number of carbonyl (C=O) groups is 1. The quantitative estimate of drug-likeness (QED) is 0.441. The molecule has 4 nitrogen and oxygen atoms in total. The van der Waals surface area contributed by atoms with Crippen molar-refractivity contribution in [2.75, 3.05) is 14.2 Å². The molecule has 1 heterocycles. The number of methoxy groups -OCH3 is 2. The normalized spacial score (nSPS) is 16.5. The highest BCUT2D eigenvalue weighted by Gasteiger charge is 2.33. The molecule has 0 saturated carbocycles. The van der Waals surface area contributed by atoms with Crippen molar-refractivity contribution in [2.45, 2.75) is 38.1 Å². The van der Waals surface area contributed by atoms with E-state index in [0.717, 1.165) is 53.6 Å². The molecule has 2 aromatic carbocycles. The van der Waals surface area contributed by atoms with Crippen LogP contribution in [0.2, 0.25) is 5.02 Å². The summed E-state index contributed by atoms with van der Waals surface area (Å²) < 4.78 is 13.1. The van der Waals surface area contributed by atoms with Gasteiger partial charge in [0, 0.05) is 17.6 Å². The fraction of sp³-hybridized carbons (Fsp3) is 0.348. The fourth-order valence-corrected chi connectivity index (χ4v) is 4.67. The largest absolute Gasteiger partial charge is 0.496 e. The highest BCUT2D eigenvalue weighted by atomic mass is 35.5. The first-order valence-electron chi connectivity index (χ1n) is 9.65. The second kappa shape index (κ2) is 7.88. The monoisotopic (exact) mass is 397 g/mol. The number of aromatic nitrogens is 1. The van der Waals surface area contributed by atoms with Crippen molar-refractivity contribution in [3.8, 4) is 5.75 Å². The Kier molecular flexibility index (Phi) is 5.31. The first-order valence-corrected chi connectivity index (χ1v) is 10.0. The van der Waals surface area contributed by atoms with E-state index in [1.807, 2.05) is 30.3 Å². The Morgan fingerprint density at radius 1 is 1.14 bits per heavy atom. The van der Waals surface area contributed by atoms with Crippen LogP contribution in [0.4, 0.5) is 0 Å². The number of ether oxygens (including phenoxy) is 2. The van der Waals surface area contributed by atoms with Crippen molar-refractivity contribution in [3.63, 3.8) is 0 Å². The van der Waals surface area contributed by atoms with E-state index in [9.17, 15) is 4.79 Å². The first-order chi connectivity index (χ1) is 13.7. The van der Waals surface area contributed by atoms with Crippen molar-refractivity contribution in [3.05, 3.63) is 64.3 Å². The summed E-state index contributed by atoms with van der Waals surface area (Å²) in [5.74, 6) is 0.261. The van der Waals surface area contributed by atoms with Crippen LogP contribution in [0, 0.1) is 0 Å². The summed E-state index contributed by atoms with van der Waals surface area (Å²) in [5, 5.41) is 1.61. The summed E-state index contributed by atoms with van der Waals surface area (Å²) in [7, 11) is 3.12. The molecule has 1 atom stereocenters. The lowest BCUT2D eigenvalue weighted by Crippen LogP contribution is -2.15. The SMILES string of the molecule is COC(=O)C1CCCCc2c1c1c(OC)ccc(Cl)c1n2Cc1ccccc1. The van der Waals surface area contributed by atoms with Crippen LogP contribution in [0.5, 0.6) is 5.75 Å². The average molecular weight is 398 g/mol. The number of esters is 1. The summed E-state index contributed by atoms with van der Waals surface area (Å²) >= 11 is 6.69. The lowest BCUT2D eigenvalue weighted by atomic mass is 9.93. The zero-order valence-corrected chi connectivity index (χ0v) is 17.0. The Bertz CT molecular complexity index is 1010. The van der Waals surface area contributed by atoms with Crippen LogP contribution in [0.15, 0.2) is 42.5 Å². The minimum atomic E-state index is -0.297. The van der Waals surface area contributed by atoms with Crippen molar-refractivity contribution in [1.82, 2.24) is 4.57 Å². The van der Waals surface area contributed by atoms with Gasteiger partial charge in [0.25, 0.3) is 0 Å². The first kappa shape index (κ1) is 18.9. The Morgan fingerprint density at radius 2 is 1.93 bits per heavy atom. The van der Waals surface area contributed by atoms with Gasteiger partial charge in [-0.1, -0.05) is 48.4 Å². The summed E-state index contributed by atoms with van der Waals surface area (Å²) in [4.78, 5) is 12.7. The van der Waals surface area contributed by atoms with E-state index in [4.69, 9.17) is 21.1 Å². The molecule has 28 heavy (non-hydrogen) atoms. The zero-order chi connectivity index (χ0) is 19.7. The number of nitrogens with zero attached hydrogens (tertiary/aromatic N) is 1. The number of halogens is 1. The van der Waals surface area contributed by atoms with Gasteiger partial charge in [0.15, 0.2) is 0 Å². The Morgan fingerprint density at radius 3 is 2.64 bits per heavy atom. The van der Waals surface area contributed by atoms with Gasteiger partial charge in [-0.05, 0) is 42.5 Å². The van der Waals surface area contributed by atoms with E-state index in [0.29, 0.717) is 11.6 Å². The smallest absolute Gasteiger partial charge is 0.313 e. The van der Waals surface area contributed by atoms with Crippen LogP contribution < -0.4 is 4.74 Å². The molecule has 1 aliphatic carbocycles. The lowest BCUT2D eigenvalue weighted by molar-refractivity contribution is -0.142. The molecule has 146 valence electrons. The Balaban J connectivity index is 2.03. The lowest BCUT2D eigenvalue weighted by Gasteiger charge is -2.15. The molecular weight excluding hydrogens is 374 g/mol. The van der Waals surface area contributed by atoms with Gasteiger partial charge in [0.05, 0.1) is 30.7 Å². The Labute approximate surface area is 170 Å². The van der Waals surface area contributed by atoms with Gasteiger partial charge in [-0.15, -0.1) is 0 Å². The number of carbonyl (C=O) groups excluding carboxylic acids is 1. The molecule has 0 N–H and O–H groups in total. The molecule has 0 amide bonds. The summed E-state index contributed by atoms with van der Waals surface area (Å²) in [6, 6.07) is 14.1. The molecule has 0 bridgehead atoms. The third-order valence-corrected chi connectivity index (χ3v) is 5.97. The van der Waals surface area contributed by atoms with Crippen LogP contribution >= 0.6 is 11.6 Å². The molecule has 1 aromatic heterocycles. The molecule has 4 rings (SSSR count). The van der Waals surface area contributed by atoms with E-state index in [2.05, 4.69) is 16.7 Å². The average Bonchev–Trinajstić information content (AvgIpc) is 2.89. The molecule has 1 aliphatic rings. The van der Waals surface area contributed by atoms with Crippen LogP contribution in [0.3, 0.4) is 0 Å². The number of fused-ring (bicyclic) bond motifs is 3. The number of rotatable bonds is 4. The van der Waals surface area contributed by atoms with Crippen molar-refractivity contribution < 1.29 is 14.3 Å². The van der Waals surface area contributed by atoms with E-state index in [1.54, 1.807) is 7.11 Å². The molecule has 1 unspecified atom stereocenters. The van der Waals surface area contributed by atoms with Gasteiger partial charge in [-0.2, -0.15) is 0 Å². The maximum Gasteiger partial charge on any atom is 0.313 e. The maximum absolute atomic E-state index is 12.7. The zero-order valence-electron chi connectivity index (χ0n) is 16.2. The highest BCUT2D eigenvalue weighted by Crippen LogP contribution is 2.45. The van der Waals surface area contributed by atoms with Crippen LogP contribution in [-0.2, 0) is 22.5 Å². The van der Waals surface area contributed by atoms with Gasteiger partial charge in [-0.25, -0.2) is 0 Å². The molecule has 3 aromatic rings. The van der Waals surface area contributed by atoms with Crippen molar-refractivity contribution in [1.29, 1.82) is 0 Å². The van der Waals surface area contributed by atoms with Crippen molar-refractivity contribution in [2.24, 2.45) is 0 Å². The number of hydrogen-bond donors (Lipinski definition) is 0. The van der Waals surface area contributed by atoms with Crippen LogP contribution in [0.1, 0.15) is 42.0 Å². The molecule has 0 radical (unpaired) electrons. The van der Waals surface area contributed by atoms with Gasteiger partial charge < -0.3 is 14.0 Å². The topological polar surface area (TPSA) is 40.5 Å². The standard InChI is InChI=1S/C23H24ClNO3/c1-27-19-13-12-17(24)22-21(19)20-16(23(26)28-2)10-6-7-11-18(20)25(22)14-15-8-4-3-5-9-15/h3-5,8-9,12-13,16H,6-7,10-11,14H2,1-2H3. The number of benzene rings is 2. The molecular formula is C23H24ClNO3. The Hall–Kier alpha value is -2.46. The van der Waals surface area contributed by atoms with Crippen molar-refractivity contribution >= 4 is 28.5 Å². The highest BCUT2D eigenvalue weighted by molar-refractivity contribution is 6.35. The summed E-state index contributed by atoms with van der Waals surface area (Å²) in [6.07, 6.45) is 3.71. The van der Waals surface area contributed by atoms with E-state index in [1.165, 1.54) is 12.7 Å². The maximum atomic E-state index is 12.7. The van der Waals surface area contributed by atoms with Gasteiger partial charge in [0.1, 0.15) is 5.75 Å². The second-order valence-corrected chi connectivity index (χ2v) is 7.63. The molecule has 0 fully saturated rings. The predicted octanol–water partition coefficient (Wildman–Crippen LogP) is 5.33. The molecule has 0 aliphatic heterocycles. The fourth-order valence-electron chi connectivity index (χ4n) is 4.41. The molecule has 5 heteroatoms. The second-order valence-electron chi connectivity index (χ2n) is 7.23. The number of hydrogen-bond acceptors (Lipinski definition) is 3. The van der Waals surface area contributed by atoms with Crippen LogP contribution in [-0.4, -0.2) is 24.8 Å². The molecule has 0 saturated heterocycles. The minimum absolute atomic E-state index is 0.191. The van der Waals surface area contributed by atoms with Gasteiger partial charge >= 0.3 is 5.97 Å².